The summed E-state index contributed by atoms with van der Waals surface area (Å²) in [6, 6.07) is 5.83. The number of ketones is 1. The van der Waals surface area contributed by atoms with E-state index in [4.69, 9.17) is 10.8 Å². The monoisotopic (exact) mass is 376 g/mol. The fraction of sp³-hybridized carbons (Fsp3) is 0. The molecular formula is C16H10F2N4O3S. The molecule has 0 saturated heterocycles. The lowest BCUT2D eigenvalue weighted by Gasteiger charge is -2.02. The zero-order valence-electron chi connectivity index (χ0n) is 12.9. The number of anilines is 3. The molecule has 0 bridgehead atoms. The maximum absolute atomic E-state index is 13.8. The zero-order chi connectivity index (χ0) is 18.8. The SMILES string of the molecule is Nc1nc(Nc2ccc(C(=O)O)cn2)sc1C(=O)c1c(F)cccc1F. The van der Waals surface area contributed by atoms with Gasteiger partial charge in [-0.2, -0.15) is 0 Å². The molecule has 2 heterocycles. The molecule has 1 aromatic carbocycles. The summed E-state index contributed by atoms with van der Waals surface area (Å²) in [5, 5.41) is 11.7. The van der Waals surface area contributed by atoms with Gasteiger partial charge in [0.2, 0.25) is 5.78 Å². The number of hydrogen-bond acceptors (Lipinski definition) is 7. The van der Waals surface area contributed by atoms with Crippen LogP contribution in [0.15, 0.2) is 36.5 Å². The van der Waals surface area contributed by atoms with E-state index in [2.05, 4.69) is 15.3 Å². The lowest BCUT2D eigenvalue weighted by molar-refractivity contribution is 0.0696. The van der Waals surface area contributed by atoms with Gasteiger partial charge in [0.05, 0.1) is 11.1 Å². The Bertz CT molecular complexity index is 985. The minimum absolute atomic E-state index is 0.0000903. The highest BCUT2D eigenvalue weighted by Gasteiger charge is 2.24. The first kappa shape index (κ1) is 17.4. The number of benzene rings is 1. The molecule has 26 heavy (non-hydrogen) atoms. The lowest BCUT2D eigenvalue weighted by Crippen LogP contribution is -2.07. The Morgan fingerprint density at radius 3 is 2.42 bits per heavy atom. The lowest BCUT2D eigenvalue weighted by atomic mass is 10.1. The second kappa shape index (κ2) is 6.84. The molecule has 0 aliphatic rings. The Kier molecular flexibility index (Phi) is 4.59. The number of nitrogens with two attached hydrogens (primary N) is 1. The highest BCUT2D eigenvalue weighted by molar-refractivity contribution is 7.18. The number of carbonyl (C=O) groups is 2. The number of nitrogens with one attached hydrogen (secondary N) is 1. The van der Waals surface area contributed by atoms with Gasteiger partial charge in [0.25, 0.3) is 0 Å². The maximum atomic E-state index is 13.8. The molecule has 2 aromatic heterocycles. The van der Waals surface area contributed by atoms with Crippen molar-refractivity contribution in [3.63, 3.8) is 0 Å². The van der Waals surface area contributed by atoms with Crippen molar-refractivity contribution in [2.24, 2.45) is 0 Å². The van der Waals surface area contributed by atoms with Crippen LogP contribution in [0.3, 0.4) is 0 Å². The number of pyridine rings is 1. The zero-order valence-corrected chi connectivity index (χ0v) is 13.7. The van der Waals surface area contributed by atoms with E-state index in [-0.39, 0.29) is 27.2 Å². The highest BCUT2D eigenvalue weighted by atomic mass is 32.1. The van der Waals surface area contributed by atoms with E-state index < -0.39 is 29.0 Å². The topological polar surface area (TPSA) is 118 Å². The summed E-state index contributed by atoms with van der Waals surface area (Å²) in [7, 11) is 0. The molecule has 0 aliphatic heterocycles. The van der Waals surface area contributed by atoms with E-state index in [0.29, 0.717) is 0 Å². The van der Waals surface area contributed by atoms with Crippen molar-refractivity contribution >= 4 is 39.9 Å². The predicted molar refractivity (Wildman–Crippen MR) is 90.8 cm³/mol. The van der Waals surface area contributed by atoms with Crippen molar-refractivity contribution in [3.8, 4) is 0 Å². The molecule has 0 saturated carbocycles. The third kappa shape index (κ3) is 3.35. The number of thiazole rings is 1. The average molecular weight is 376 g/mol. The van der Waals surface area contributed by atoms with E-state index in [1.54, 1.807) is 0 Å². The fourth-order valence-electron chi connectivity index (χ4n) is 2.08. The van der Waals surface area contributed by atoms with Gasteiger partial charge in [0.1, 0.15) is 28.1 Å². The van der Waals surface area contributed by atoms with Gasteiger partial charge in [-0.25, -0.2) is 23.5 Å². The number of nitrogens with zero attached hydrogens (tertiary/aromatic N) is 2. The van der Waals surface area contributed by atoms with Gasteiger partial charge in [-0.05, 0) is 24.3 Å². The molecule has 132 valence electrons. The van der Waals surface area contributed by atoms with Crippen LogP contribution in [0.25, 0.3) is 0 Å². The fourth-order valence-corrected chi connectivity index (χ4v) is 2.92. The van der Waals surface area contributed by atoms with Crippen molar-refractivity contribution in [2.75, 3.05) is 11.1 Å². The first-order valence-corrected chi connectivity index (χ1v) is 7.90. The molecular weight excluding hydrogens is 366 g/mol. The minimum Gasteiger partial charge on any atom is -0.478 e. The maximum Gasteiger partial charge on any atom is 0.337 e. The van der Waals surface area contributed by atoms with E-state index in [0.717, 1.165) is 35.7 Å². The third-order valence-electron chi connectivity index (χ3n) is 3.29. The van der Waals surface area contributed by atoms with Crippen LogP contribution < -0.4 is 11.1 Å². The Balaban J connectivity index is 1.87. The first-order valence-electron chi connectivity index (χ1n) is 7.08. The van der Waals surface area contributed by atoms with Crippen molar-refractivity contribution in [1.29, 1.82) is 0 Å². The van der Waals surface area contributed by atoms with E-state index in [1.807, 2.05) is 0 Å². The van der Waals surface area contributed by atoms with Gasteiger partial charge in [-0.15, -0.1) is 0 Å². The standard InChI is InChI=1S/C16H10F2N4O3S/c17-8-2-1-3-9(18)11(8)12(23)13-14(19)22-16(26-13)21-10-5-4-7(6-20-10)15(24)25/h1-6H,19H2,(H,24,25)(H,20,21,22). The number of carbonyl (C=O) groups excluding carboxylic acids is 1. The van der Waals surface area contributed by atoms with Crippen LogP contribution in [0.2, 0.25) is 0 Å². The number of halogens is 2. The number of hydrogen-bond donors (Lipinski definition) is 3. The second-order valence-electron chi connectivity index (χ2n) is 5.02. The quantitative estimate of drug-likeness (QED) is 0.586. The summed E-state index contributed by atoms with van der Waals surface area (Å²) in [4.78, 5) is 30.9. The molecule has 0 spiro atoms. The van der Waals surface area contributed by atoms with E-state index in [1.165, 1.54) is 12.1 Å². The number of carboxylic acids is 1. The van der Waals surface area contributed by atoms with Crippen molar-refractivity contribution in [3.05, 3.63) is 64.2 Å². The Labute approximate surface area is 149 Å². The highest BCUT2D eigenvalue weighted by Crippen LogP contribution is 2.30. The molecule has 0 fully saturated rings. The van der Waals surface area contributed by atoms with Crippen molar-refractivity contribution in [2.45, 2.75) is 0 Å². The summed E-state index contributed by atoms with van der Waals surface area (Å²) in [5.41, 5.74) is 4.98. The number of aromatic carboxylic acids is 1. The Hall–Kier alpha value is -3.40. The second-order valence-corrected chi connectivity index (χ2v) is 6.02. The predicted octanol–water partition coefficient (Wildman–Crippen LogP) is 3.07. The van der Waals surface area contributed by atoms with Crippen LogP contribution in [0, 0.1) is 11.6 Å². The van der Waals surface area contributed by atoms with Crippen molar-refractivity contribution < 1.29 is 23.5 Å². The molecule has 3 aromatic rings. The van der Waals surface area contributed by atoms with Crippen LogP contribution in [-0.2, 0) is 0 Å². The summed E-state index contributed by atoms with van der Waals surface area (Å²) in [6.07, 6.45) is 1.14. The van der Waals surface area contributed by atoms with Gasteiger partial charge < -0.3 is 16.2 Å². The Morgan fingerprint density at radius 2 is 1.85 bits per heavy atom. The molecule has 0 aliphatic carbocycles. The van der Waals surface area contributed by atoms with Gasteiger partial charge in [0.15, 0.2) is 5.13 Å². The van der Waals surface area contributed by atoms with Crippen LogP contribution in [-0.4, -0.2) is 26.8 Å². The largest absolute Gasteiger partial charge is 0.478 e. The minimum atomic E-state index is -1.12. The summed E-state index contributed by atoms with van der Waals surface area (Å²) in [5.74, 6) is -3.96. The average Bonchev–Trinajstić information content (AvgIpc) is 2.95. The third-order valence-corrected chi connectivity index (χ3v) is 4.28. The van der Waals surface area contributed by atoms with Gasteiger partial charge in [-0.1, -0.05) is 17.4 Å². The summed E-state index contributed by atoms with van der Waals surface area (Å²) >= 11 is 0.799. The summed E-state index contributed by atoms with van der Waals surface area (Å²) in [6.45, 7) is 0. The number of nitrogen functional groups attached to an aromatic ring is 1. The number of aromatic nitrogens is 2. The molecule has 4 N–H and O–H groups in total. The van der Waals surface area contributed by atoms with Crippen molar-refractivity contribution in [1.82, 2.24) is 9.97 Å². The van der Waals surface area contributed by atoms with Crippen LogP contribution in [0.1, 0.15) is 25.6 Å². The Morgan fingerprint density at radius 1 is 1.15 bits per heavy atom. The van der Waals surface area contributed by atoms with Crippen LogP contribution >= 0.6 is 11.3 Å². The normalized spacial score (nSPS) is 10.5. The molecule has 0 amide bonds. The van der Waals surface area contributed by atoms with Crippen LogP contribution in [0.4, 0.5) is 25.5 Å². The van der Waals surface area contributed by atoms with Gasteiger partial charge >= 0.3 is 5.97 Å². The molecule has 0 atom stereocenters. The number of carboxylic acid groups (broad SMARTS) is 1. The van der Waals surface area contributed by atoms with Crippen LogP contribution in [0.5, 0.6) is 0 Å². The van der Waals surface area contributed by atoms with Gasteiger partial charge in [-0.3, -0.25) is 4.79 Å². The number of rotatable bonds is 5. The first-order chi connectivity index (χ1) is 12.4. The molecule has 0 radical (unpaired) electrons. The van der Waals surface area contributed by atoms with E-state index in [9.17, 15) is 18.4 Å². The smallest absolute Gasteiger partial charge is 0.337 e. The molecule has 7 nitrogen and oxygen atoms in total. The summed E-state index contributed by atoms with van der Waals surface area (Å²) < 4.78 is 27.6. The molecule has 0 unspecified atom stereocenters. The van der Waals surface area contributed by atoms with Gasteiger partial charge in [0, 0.05) is 6.20 Å². The molecule has 10 heteroatoms. The molecule has 3 rings (SSSR count). The van der Waals surface area contributed by atoms with E-state index >= 15 is 0 Å².